The number of fused-ring (bicyclic) bond motifs is 1. The maximum atomic E-state index is 14.5. The molecule has 32 heavy (non-hydrogen) atoms. The van der Waals surface area contributed by atoms with Gasteiger partial charge in [0.1, 0.15) is 17.1 Å². The van der Waals surface area contributed by atoms with Crippen LogP contribution in [0.3, 0.4) is 0 Å². The van der Waals surface area contributed by atoms with Gasteiger partial charge in [0, 0.05) is 24.1 Å². The van der Waals surface area contributed by atoms with Gasteiger partial charge < -0.3 is 20.1 Å². The Balaban J connectivity index is 1.39. The van der Waals surface area contributed by atoms with Gasteiger partial charge in [0.2, 0.25) is 0 Å². The van der Waals surface area contributed by atoms with Crippen molar-refractivity contribution in [1.82, 2.24) is 15.4 Å². The summed E-state index contributed by atoms with van der Waals surface area (Å²) >= 11 is 6.43. The quantitative estimate of drug-likeness (QED) is 0.180. The Morgan fingerprint density at radius 1 is 1.16 bits per heavy atom. The Bertz CT molecular complexity index is 1320. The summed E-state index contributed by atoms with van der Waals surface area (Å²) in [5, 5.41) is 16.7. The van der Waals surface area contributed by atoms with Crippen molar-refractivity contribution in [2.75, 3.05) is 5.32 Å². The first-order valence-electron chi connectivity index (χ1n) is 9.08. The molecule has 8 nitrogen and oxygen atoms in total. The number of aromatic nitrogens is 2. The minimum absolute atomic E-state index is 0.00571. The summed E-state index contributed by atoms with van der Waals surface area (Å²) < 4.78 is 21.1. The van der Waals surface area contributed by atoms with E-state index in [2.05, 4.69) is 57.7 Å². The number of pyridine rings is 1. The maximum Gasteiger partial charge on any atom is 0.339 e. The normalized spacial score (nSPS) is 11.1. The van der Waals surface area contributed by atoms with Crippen molar-refractivity contribution in [2.24, 2.45) is 5.10 Å². The third-order valence-electron chi connectivity index (χ3n) is 4.25. The molecule has 0 unspecified atom stereocenters. The Morgan fingerprint density at radius 2 is 1.94 bits per heavy atom. The third kappa shape index (κ3) is 4.89. The minimum atomic E-state index is -0.658. The van der Waals surface area contributed by atoms with E-state index in [1.807, 2.05) is 0 Å². The van der Waals surface area contributed by atoms with Gasteiger partial charge in [-0.1, -0.05) is 0 Å². The molecule has 0 atom stereocenters. The van der Waals surface area contributed by atoms with Crippen molar-refractivity contribution in [3.8, 4) is 17.2 Å². The molecule has 2 heterocycles. The number of ether oxygens (including phenoxy) is 1. The second kappa shape index (κ2) is 9.37. The molecule has 0 aliphatic rings. The second-order valence-corrected chi connectivity index (χ2v) is 8.16. The van der Waals surface area contributed by atoms with Crippen molar-refractivity contribution in [3.05, 3.63) is 75.2 Å². The van der Waals surface area contributed by atoms with Gasteiger partial charge in [-0.05, 0) is 73.8 Å². The first-order chi connectivity index (χ1) is 15.4. The number of phenols is 1. The summed E-state index contributed by atoms with van der Waals surface area (Å²) in [5.74, 6) is -0.129. The van der Waals surface area contributed by atoms with E-state index in [4.69, 9.17) is 4.74 Å². The fraction of sp³-hybridized carbons (Fsp3) is 0. The summed E-state index contributed by atoms with van der Waals surface area (Å²) in [6.07, 6.45) is 4.67. The summed E-state index contributed by atoms with van der Waals surface area (Å²) in [7, 11) is 0. The van der Waals surface area contributed by atoms with Gasteiger partial charge in [-0.2, -0.15) is 5.10 Å². The largest absolute Gasteiger partial charge is 0.506 e. The molecule has 4 aromatic rings. The molecule has 0 radical (unpaired) electrons. The van der Waals surface area contributed by atoms with E-state index in [9.17, 15) is 14.3 Å². The monoisotopic (exact) mass is 561 g/mol. The number of nitrogens with one attached hydrogen (secondary N) is 3. The number of halogens is 3. The van der Waals surface area contributed by atoms with Gasteiger partial charge in [-0.3, -0.25) is 0 Å². The lowest BCUT2D eigenvalue weighted by Crippen LogP contribution is -2.24. The number of benzene rings is 2. The standard InChI is InChI=1S/C21H14Br2FN5O3/c22-14-7-11(8-15(23)19(14)30)10-27-29-21(31)28-12-1-2-18(16(24)9-12)32-17-4-6-26-20-13(17)3-5-25-20/h1-10,30H,(H,25,26)(H2,28,29,31)/b27-10+. The number of rotatable bonds is 5. The molecule has 0 bridgehead atoms. The highest BCUT2D eigenvalue weighted by atomic mass is 79.9. The van der Waals surface area contributed by atoms with Crippen molar-refractivity contribution < 1.29 is 19.0 Å². The number of aromatic amines is 1. The van der Waals surface area contributed by atoms with Crippen LogP contribution in [0, 0.1) is 5.82 Å². The number of amides is 2. The van der Waals surface area contributed by atoms with E-state index < -0.39 is 11.8 Å². The van der Waals surface area contributed by atoms with E-state index in [0.29, 0.717) is 25.9 Å². The van der Waals surface area contributed by atoms with Crippen LogP contribution in [0.25, 0.3) is 11.0 Å². The highest BCUT2D eigenvalue weighted by molar-refractivity contribution is 9.11. The highest BCUT2D eigenvalue weighted by Crippen LogP contribution is 2.33. The molecule has 2 aromatic carbocycles. The van der Waals surface area contributed by atoms with E-state index in [-0.39, 0.29) is 17.2 Å². The summed E-state index contributed by atoms with van der Waals surface area (Å²) in [4.78, 5) is 19.2. The predicted molar refractivity (Wildman–Crippen MR) is 126 cm³/mol. The van der Waals surface area contributed by atoms with Crippen molar-refractivity contribution in [1.29, 1.82) is 0 Å². The van der Waals surface area contributed by atoms with Gasteiger partial charge in [-0.15, -0.1) is 0 Å². The first-order valence-corrected chi connectivity index (χ1v) is 10.7. The smallest absolute Gasteiger partial charge is 0.339 e. The zero-order valence-electron chi connectivity index (χ0n) is 16.1. The van der Waals surface area contributed by atoms with Crippen LogP contribution < -0.4 is 15.5 Å². The third-order valence-corrected chi connectivity index (χ3v) is 5.46. The Kier molecular flexibility index (Phi) is 6.37. The molecule has 4 N–H and O–H groups in total. The number of H-pyrrole nitrogens is 1. The number of anilines is 1. The van der Waals surface area contributed by atoms with Crippen LogP contribution in [0.4, 0.5) is 14.9 Å². The average Bonchev–Trinajstić information content (AvgIpc) is 3.24. The van der Waals surface area contributed by atoms with Crippen molar-refractivity contribution in [2.45, 2.75) is 0 Å². The number of hydrogen-bond acceptors (Lipinski definition) is 5. The highest BCUT2D eigenvalue weighted by Gasteiger charge is 2.11. The molecular formula is C21H14Br2FN5O3. The first kappa shape index (κ1) is 21.8. The van der Waals surface area contributed by atoms with E-state index in [1.54, 1.807) is 36.7 Å². The number of carbonyl (C=O) groups excluding carboxylic acids is 1. The van der Waals surface area contributed by atoms with Gasteiger partial charge in [-0.25, -0.2) is 19.6 Å². The Labute approximate surface area is 197 Å². The lowest BCUT2D eigenvalue weighted by Gasteiger charge is -2.10. The van der Waals surface area contributed by atoms with E-state index in [1.165, 1.54) is 18.3 Å². The zero-order chi connectivity index (χ0) is 22.7. The number of aromatic hydroxyl groups is 1. The molecular weight excluding hydrogens is 549 g/mol. The molecule has 0 saturated carbocycles. The van der Waals surface area contributed by atoms with Crippen molar-refractivity contribution >= 4 is 60.8 Å². The van der Waals surface area contributed by atoms with Crippen LogP contribution in [-0.4, -0.2) is 27.3 Å². The summed E-state index contributed by atoms with van der Waals surface area (Å²) in [6, 6.07) is 10.1. The number of hydrogen-bond donors (Lipinski definition) is 4. The molecule has 0 saturated heterocycles. The van der Waals surface area contributed by atoms with Gasteiger partial charge in [0.05, 0.1) is 20.5 Å². The van der Waals surface area contributed by atoms with Gasteiger partial charge >= 0.3 is 6.03 Å². The van der Waals surface area contributed by atoms with E-state index in [0.717, 1.165) is 11.5 Å². The number of urea groups is 1. The van der Waals surface area contributed by atoms with Crippen LogP contribution in [0.2, 0.25) is 0 Å². The minimum Gasteiger partial charge on any atom is -0.506 e. The Hall–Kier alpha value is -3.44. The number of carbonyl (C=O) groups is 1. The molecule has 0 spiro atoms. The van der Waals surface area contributed by atoms with Crippen LogP contribution in [-0.2, 0) is 0 Å². The summed E-state index contributed by atoms with van der Waals surface area (Å²) in [6.45, 7) is 0. The van der Waals surface area contributed by atoms with Crippen LogP contribution in [0.5, 0.6) is 17.2 Å². The molecule has 4 rings (SSSR count). The van der Waals surface area contributed by atoms with Crippen LogP contribution in [0.1, 0.15) is 5.56 Å². The molecule has 0 aliphatic heterocycles. The fourth-order valence-corrected chi connectivity index (χ4v) is 4.01. The van der Waals surface area contributed by atoms with Gasteiger partial charge in [0.25, 0.3) is 0 Å². The fourth-order valence-electron chi connectivity index (χ4n) is 2.79. The molecule has 162 valence electrons. The molecule has 0 aliphatic carbocycles. The lowest BCUT2D eigenvalue weighted by atomic mass is 10.2. The number of nitrogens with zero attached hydrogens (tertiary/aromatic N) is 2. The van der Waals surface area contributed by atoms with Crippen molar-refractivity contribution in [3.63, 3.8) is 0 Å². The molecule has 0 fully saturated rings. The number of hydrazone groups is 1. The molecule has 2 aromatic heterocycles. The average molecular weight is 563 g/mol. The lowest BCUT2D eigenvalue weighted by molar-refractivity contribution is 0.252. The van der Waals surface area contributed by atoms with Crippen LogP contribution >= 0.6 is 31.9 Å². The van der Waals surface area contributed by atoms with Crippen LogP contribution in [0.15, 0.2) is 68.9 Å². The second-order valence-electron chi connectivity index (χ2n) is 6.45. The topological polar surface area (TPSA) is 112 Å². The molecule has 11 heteroatoms. The molecule has 2 amide bonds. The van der Waals surface area contributed by atoms with E-state index >= 15 is 0 Å². The van der Waals surface area contributed by atoms with Gasteiger partial charge in [0.15, 0.2) is 11.6 Å². The number of phenolic OH excluding ortho intramolecular Hbond substituents is 1. The Morgan fingerprint density at radius 3 is 2.69 bits per heavy atom. The maximum absolute atomic E-state index is 14.5. The summed E-state index contributed by atoms with van der Waals surface area (Å²) in [5.41, 5.74) is 3.76. The SMILES string of the molecule is O=C(N/N=C/c1cc(Br)c(O)c(Br)c1)Nc1ccc(Oc2ccnc3[nH]ccc23)c(F)c1. The predicted octanol–water partition coefficient (Wildman–Crippen LogP) is 5.88. The zero-order valence-corrected chi connectivity index (χ0v) is 19.2.